The van der Waals surface area contributed by atoms with Crippen molar-refractivity contribution in [2.24, 2.45) is 0 Å². The van der Waals surface area contributed by atoms with Crippen LogP contribution in [0.2, 0.25) is 0 Å². The van der Waals surface area contributed by atoms with Crippen LogP contribution >= 0.6 is 0 Å². The van der Waals surface area contributed by atoms with E-state index in [0.29, 0.717) is 6.42 Å². The topological polar surface area (TPSA) is 112 Å². The molecule has 1 atom stereocenters. The minimum atomic E-state index is -0.962. The molecule has 1 aliphatic rings. The highest BCUT2D eigenvalue weighted by Gasteiger charge is 2.30. The highest BCUT2D eigenvalue weighted by atomic mass is 16.7. The van der Waals surface area contributed by atoms with Gasteiger partial charge >= 0.3 is 18.2 Å². The average molecular weight is 587 g/mol. The molecule has 0 fully saturated rings. The highest BCUT2D eigenvalue weighted by Crippen LogP contribution is 2.44. The van der Waals surface area contributed by atoms with Gasteiger partial charge < -0.3 is 19.5 Å². The summed E-state index contributed by atoms with van der Waals surface area (Å²) >= 11 is 0. The highest BCUT2D eigenvalue weighted by molar-refractivity contribution is 5.82. The summed E-state index contributed by atoms with van der Waals surface area (Å²) in [5.74, 6) is -0.680. The van der Waals surface area contributed by atoms with Crippen LogP contribution < -0.4 is 10.8 Å². The monoisotopic (exact) mass is 586 g/mol. The predicted octanol–water partition coefficient (Wildman–Crippen LogP) is 6.43. The summed E-state index contributed by atoms with van der Waals surface area (Å²) in [5, 5.41) is 2.67. The number of fused-ring (bicyclic) bond motifs is 3. The SMILES string of the molecule is CC(C)(C)OC(=O)NOCC/C=C/C[C@H](NC(=O)OCC1c2ccccc2-c2ccccc21)C(=O)OCc1ccccc1. The van der Waals surface area contributed by atoms with Crippen LogP contribution in [0.3, 0.4) is 0 Å². The number of carbonyl (C=O) groups excluding carboxylic acids is 3. The molecule has 0 aliphatic heterocycles. The fourth-order valence-corrected chi connectivity index (χ4v) is 4.71. The molecule has 2 amide bonds. The average Bonchev–Trinajstić information content (AvgIpc) is 3.31. The molecule has 0 saturated carbocycles. The Morgan fingerprint density at radius 2 is 1.44 bits per heavy atom. The molecule has 1 aliphatic carbocycles. The molecular formula is C34H38N2O7. The normalized spacial score (nSPS) is 13.1. The molecule has 0 heterocycles. The molecule has 3 aromatic rings. The molecule has 226 valence electrons. The van der Waals surface area contributed by atoms with Gasteiger partial charge in [-0.1, -0.05) is 91.0 Å². The molecule has 9 heteroatoms. The van der Waals surface area contributed by atoms with Crippen molar-refractivity contribution in [3.05, 3.63) is 108 Å². The van der Waals surface area contributed by atoms with E-state index >= 15 is 0 Å². The number of hydroxylamine groups is 1. The van der Waals surface area contributed by atoms with Gasteiger partial charge in [-0.25, -0.2) is 14.4 Å². The van der Waals surface area contributed by atoms with Crippen molar-refractivity contribution >= 4 is 18.2 Å². The van der Waals surface area contributed by atoms with Crippen molar-refractivity contribution in [1.29, 1.82) is 0 Å². The van der Waals surface area contributed by atoms with Gasteiger partial charge in [-0.05, 0) is 61.4 Å². The van der Waals surface area contributed by atoms with Crippen molar-refractivity contribution in [1.82, 2.24) is 10.8 Å². The van der Waals surface area contributed by atoms with E-state index in [9.17, 15) is 14.4 Å². The molecule has 0 bridgehead atoms. The number of alkyl carbamates (subject to hydrolysis) is 1. The summed E-state index contributed by atoms with van der Waals surface area (Å²) in [6.45, 7) is 5.67. The Labute approximate surface area is 252 Å². The maximum Gasteiger partial charge on any atom is 0.431 e. The van der Waals surface area contributed by atoms with E-state index in [1.807, 2.05) is 66.7 Å². The van der Waals surface area contributed by atoms with Gasteiger partial charge in [0.2, 0.25) is 0 Å². The molecule has 9 nitrogen and oxygen atoms in total. The number of amides is 2. The van der Waals surface area contributed by atoms with Crippen LogP contribution in [-0.2, 0) is 30.4 Å². The zero-order valence-corrected chi connectivity index (χ0v) is 24.7. The van der Waals surface area contributed by atoms with Gasteiger partial charge in [-0.3, -0.25) is 4.84 Å². The van der Waals surface area contributed by atoms with Crippen LogP contribution in [0.4, 0.5) is 9.59 Å². The maximum absolute atomic E-state index is 13.0. The van der Waals surface area contributed by atoms with E-state index in [1.54, 1.807) is 32.9 Å². The van der Waals surface area contributed by atoms with Crippen molar-refractivity contribution in [3.8, 4) is 11.1 Å². The fourth-order valence-electron chi connectivity index (χ4n) is 4.71. The molecular weight excluding hydrogens is 548 g/mol. The van der Waals surface area contributed by atoms with Gasteiger partial charge in [-0.2, -0.15) is 5.48 Å². The third-order valence-electron chi connectivity index (χ3n) is 6.62. The molecule has 2 N–H and O–H groups in total. The lowest BCUT2D eigenvalue weighted by Gasteiger charge is -2.19. The quantitative estimate of drug-likeness (QED) is 0.0827. The summed E-state index contributed by atoms with van der Waals surface area (Å²) in [7, 11) is 0. The van der Waals surface area contributed by atoms with Crippen LogP contribution in [0.1, 0.15) is 56.2 Å². The molecule has 0 unspecified atom stereocenters. The second kappa shape index (κ2) is 15.0. The Morgan fingerprint density at radius 1 is 0.814 bits per heavy atom. The fraction of sp³-hybridized carbons (Fsp3) is 0.324. The Bertz CT molecular complexity index is 1370. The molecule has 0 radical (unpaired) electrons. The van der Waals surface area contributed by atoms with Crippen molar-refractivity contribution in [3.63, 3.8) is 0 Å². The third kappa shape index (κ3) is 9.44. The van der Waals surface area contributed by atoms with Gasteiger partial charge in [0.1, 0.15) is 24.9 Å². The first-order valence-corrected chi connectivity index (χ1v) is 14.3. The molecule has 0 aromatic heterocycles. The van der Waals surface area contributed by atoms with Crippen LogP contribution in [0.5, 0.6) is 0 Å². The number of nitrogens with one attached hydrogen (secondary N) is 2. The van der Waals surface area contributed by atoms with E-state index in [-0.39, 0.29) is 32.2 Å². The van der Waals surface area contributed by atoms with Gasteiger partial charge in [0.15, 0.2) is 0 Å². The summed E-state index contributed by atoms with van der Waals surface area (Å²) in [4.78, 5) is 42.7. The van der Waals surface area contributed by atoms with Gasteiger partial charge in [-0.15, -0.1) is 0 Å². The largest absolute Gasteiger partial charge is 0.459 e. The number of hydrogen-bond acceptors (Lipinski definition) is 7. The van der Waals surface area contributed by atoms with Crippen LogP contribution in [0.15, 0.2) is 91.0 Å². The van der Waals surface area contributed by atoms with Crippen molar-refractivity contribution in [2.75, 3.05) is 13.2 Å². The Hall–Kier alpha value is -4.63. The number of carbonyl (C=O) groups is 3. The first kappa shape index (κ1) is 31.3. The molecule has 0 spiro atoms. The summed E-state index contributed by atoms with van der Waals surface area (Å²) in [5.41, 5.74) is 6.89. The maximum atomic E-state index is 13.0. The second-order valence-electron chi connectivity index (χ2n) is 11.1. The standard InChI is InChI=1S/C34H38N2O7/c1-34(2,3)43-33(39)36-42-21-13-5-8-20-30(31(37)40-22-24-14-6-4-7-15-24)35-32(38)41-23-29-27-18-11-9-16-25(27)26-17-10-12-19-28(26)29/h4-12,14-19,29-30H,13,20-23H2,1-3H3,(H,35,38)(H,36,39)/b8-5+/t30-/m0/s1. The van der Waals surface area contributed by atoms with Gasteiger partial charge in [0.25, 0.3) is 0 Å². The first-order valence-electron chi connectivity index (χ1n) is 14.3. The molecule has 0 saturated heterocycles. The van der Waals surface area contributed by atoms with E-state index < -0.39 is 29.8 Å². The Kier molecular flexibility index (Phi) is 10.9. The summed E-state index contributed by atoms with van der Waals surface area (Å²) in [6.07, 6.45) is 2.78. The van der Waals surface area contributed by atoms with Gasteiger partial charge in [0.05, 0.1) is 6.61 Å². The minimum absolute atomic E-state index is 0.0798. The number of hydrogen-bond donors (Lipinski definition) is 2. The van der Waals surface area contributed by atoms with Crippen LogP contribution in [-0.4, -0.2) is 43.0 Å². The smallest absolute Gasteiger partial charge is 0.431 e. The molecule has 43 heavy (non-hydrogen) atoms. The van der Waals surface area contributed by atoms with Crippen molar-refractivity contribution < 1.29 is 33.4 Å². The van der Waals surface area contributed by atoms with E-state index in [4.69, 9.17) is 19.0 Å². The Balaban J connectivity index is 1.31. The lowest BCUT2D eigenvalue weighted by Crippen LogP contribution is -2.42. The lowest BCUT2D eigenvalue weighted by molar-refractivity contribution is -0.147. The molecule has 4 rings (SSSR count). The lowest BCUT2D eigenvalue weighted by atomic mass is 9.98. The van der Waals surface area contributed by atoms with E-state index in [2.05, 4.69) is 22.9 Å². The van der Waals surface area contributed by atoms with Crippen LogP contribution in [0, 0.1) is 0 Å². The van der Waals surface area contributed by atoms with Crippen molar-refractivity contribution in [2.45, 2.75) is 57.8 Å². The predicted molar refractivity (Wildman–Crippen MR) is 162 cm³/mol. The summed E-state index contributed by atoms with van der Waals surface area (Å²) < 4.78 is 16.2. The number of rotatable bonds is 12. The van der Waals surface area contributed by atoms with Crippen LogP contribution in [0.25, 0.3) is 11.1 Å². The molecule has 3 aromatic carbocycles. The second-order valence-corrected chi connectivity index (χ2v) is 11.1. The Morgan fingerprint density at radius 3 is 2.09 bits per heavy atom. The zero-order valence-electron chi connectivity index (χ0n) is 24.7. The number of ether oxygens (including phenoxy) is 3. The van der Waals surface area contributed by atoms with Gasteiger partial charge in [0, 0.05) is 5.92 Å². The number of esters is 1. The zero-order chi connectivity index (χ0) is 30.7. The third-order valence-corrected chi connectivity index (χ3v) is 6.62. The van der Waals surface area contributed by atoms with E-state index in [0.717, 1.165) is 27.8 Å². The minimum Gasteiger partial charge on any atom is -0.459 e. The summed E-state index contributed by atoms with van der Waals surface area (Å²) in [6, 6.07) is 24.5. The van der Waals surface area contributed by atoms with E-state index in [1.165, 1.54) is 0 Å². The number of benzene rings is 3. The first-order chi connectivity index (χ1) is 20.7.